The maximum Gasteiger partial charge on any atom is 0.216 e. The molecule has 1 saturated heterocycles. The van der Waals surface area contributed by atoms with E-state index >= 15 is 0 Å². The van der Waals surface area contributed by atoms with Crippen molar-refractivity contribution in [2.75, 3.05) is 33.4 Å². The van der Waals surface area contributed by atoms with Crippen LogP contribution in [0.25, 0.3) is 0 Å². The van der Waals surface area contributed by atoms with E-state index in [1.165, 1.54) is 0 Å². The maximum absolute atomic E-state index is 12.3. The number of aliphatic imine (C=N–C) groups is 1. The zero-order chi connectivity index (χ0) is 21.8. The van der Waals surface area contributed by atoms with Crippen LogP contribution in [0.3, 0.4) is 0 Å². The normalized spacial score (nSPS) is 17.5. The van der Waals surface area contributed by atoms with Gasteiger partial charge in [-0.3, -0.25) is 4.99 Å². The molecule has 0 amide bonds. The first-order valence-electron chi connectivity index (χ1n) is 10.6. The van der Waals surface area contributed by atoms with E-state index in [0.29, 0.717) is 25.7 Å². The lowest BCUT2D eigenvalue weighted by Gasteiger charge is -2.15. The zero-order valence-electron chi connectivity index (χ0n) is 18.3. The number of rotatable bonds is 12. The molecule has 1 fully saturated rings. The van der Waals surface area contributed by atoms with E-state index in [2.05, 4.69) is 20.3 Å². The molecular formula is C21H36N4O4S. The second kappa shape index (κ2) is 12.9. The van der Waals surface area contributed by atoms with Gasteiger partial charge >= 0.3 is 0 Å². The molecule has 1 aromatic carbocycles. The van der Waals surface area contributed by atoms with Gasteiger partial charge in [-0.1, -0.05) is 24.3 Å². The molecule has 1 aliphatic heterocycles. The lowest BCUT2D eigenvalue weighted by molar-refractivity contribution is 0.0168. The fourth-order valence-electron chi connectivity index (χ4n) is 3.25. The van der Waals surface area contributed by atoms with Crippen molar-refractivity contribution in [1.29, 1.82) is 0 Å². The van der Waals surface area contributed by atoms with Crippen LogP contribution in [-0.4, -0.2) is 59.9 Å². The summed E-state index contributed by atoms with van der Waals surface area (Å²) in [5, 5.41) is 6.51. The van der Waals surface area contributed by atoms with Crippen molar-refractivity contribution in [3.8, 4) is 0 Å². The predicted molar refractivity (Wildman–Crippen MR) is 120 cm³/mol. The Bertz CT molecular complexity index is 762. The molecule has 0 aliphatic carbocycles. The molecule has 1 unspecified atom stereocenters. The van der Waals surface area contributed by atoms with E-state index in [1.54, 1.807) is 7.05 Å². The third kappa shape index (κ3) is 9.42. The number of benzene rings is 1. The highest BCUT2D eigenvalue weighted by atomic mass is 32.2. The van der Waals surface area contributed by atoms with Crippen LogP contribution in [-0.2, 0) is 31.8 Å². The summed E-state index contributed by atoms with van der Waals surface area (Å²) in [6.45, 7) is 7.04. The number of nitrogens with one attached hydrogen (secondary N) is 3. The Morgan fingerprint density at radius 2 is 2.03 bits per heavy atom. The number of ether oxygens (including phenoxy) is 2. The minimum absolute atomic E-state index is 0.0445. The Kier molecular flexibility index (Phi) is 10.6. The fraction of sp³-hybridized carbons (Fsp3) is 0.667. The van der Waals surface area contributed by atoms with Crippen molar-refractivity contribution in [3.05, 3.63) is 35.4 Å². The molecule has 9 heteroatoms. The summed E-state index contributed by atoms with van der Waals surface area (Å²) in [7, 11) is -1.66. The summed E-state index contributed by atoms with van der Waals surface area (Å²) >= 11 is 0. The van der Waals surface area contributed by atoms with Crippen molar-refractivity contribution in [3.63, 3.8) is 0 Å². The van der Waals surface area contributed by atoms with Gasteiger partial charge in [-0.2, -0.15) is 0 Å². The fourth-order valence-corrected chi connectivity index (χ4v) is 4.74. The van der Waals surface area contributed by atoms with Crippen LogP contribution in [0.5, 0.6) is 0 Å². The van der Waals surface area contributed by atoms with Crippen LogP contribution in [0, 0.1) is 0 Å². The smallest absolute Gasteiger partial charge is 0.216 e. The van der Waals surface area contributed by atoms with Crippen molar-refractivity contribution >= 4 is 16.0 Å². The number of hydrogen-bond acceptors (Lipinski definition) is 5. The third-order valence-electron chi connectivity index (χ3n) is 4.63. The third-order valence-corrected chi connectivity index (χ3v) is 6.16. The van der Waals surface area contributed by atoms with Crippen molar-refractivity contribution in [1.82, 2.24) is 15.4 Å². The van der Waals surface area contributed by atoms with Crippen LogP contribution in [0.4, 0.5) is 0 Å². The summed E-state index contributed by atoms with van der Waals surface area (Å²) in [6, 6.07) is 7.41. The first-order valence-corrected chi connectivity index (χ1v) is 12.3. The summed E-state index contributed by atoms with van der Waals surface area (Å²) in [5.74, 6) is 0.629. The standard InChI is InChI=1S/C21H36N4O4S/c1-17(2)25-30(26,27)16-19-9-5-4-8-18(19)14-24-21(22-3)23-11-7-12-28-15-20-10-6-13-29-20/h4-5,8-9,17,20,25H,6-7,10-16H2,1-3H3,(H2,22,23,24). The minimum Gasteiger partial charge on any atom is -0.379 e. The molecule has 1 heterocycles. The van der Waals surface area contributed by atoms with Gasteiger partial charge in [0.1, 0.15) is 0 Å². The number of sulfonamides is 1. The van der Waals surface area contributed by atoms with Crippen molar-refractivity contribution in [2.45, 2.75) is 57.6 Å². The average Bonchev–Trinajstić information content (AvgIpc) is 3.20. The molecule has 0 aromatic heterocycles. The molecule has 2 rings (SSSR count). The Hall–Kier alpha value is -1.68. The Labute approximate surface area is 180 Å². The van der Waals surface area contributed by atoms with Gasteiger partial charge in [0, 0.05) is 39.4 Å². The SMILES string of the molecule is CN=C(NCCCOCC1CCCO1)NCc1ccccc1CS(=O)(=O)NC(C)C. The molecule has 30 heavy (non-hydrogen) atoms. The van der Waals surface area contributed by atoms with Crippen molar-refractivity contribution in [2.24, 2.45) is 4.99 Å². The monoisotopic (exact) mass is 440 g/mol. The molecule has 0 saturated carbocycles. The average molecular weight is 441 g/mol. The molecule has 1 aromatic rings. The molecule has 3 N–H and O–H groups in total. The summed E-state index contributed by atoms with van der Waals surface area (Å²) in [6.07, 6.45) is 3.33. The van der Waals surface area contributed by atoms with Gasteiger partial charge in [0.2, 0.25) is 10.0 Å². The minimum atomic E-state index is -3.38. The molecule has 1 atom stereocenters. The number of guanidine groups is 1. The zero-order valence-corrected chi connectivity index (χ0v) is 19.1. The van der Waals surface area contributed by atoms with Gasteiger partial charge in [0.15, 0.2) is 5.96 Å². The highest BCUT2D eigenvalue weighted by molar-refractivity contribution is 7.88. The predicted octanol–water partition coefficient (Wildman–Crippen LogP) is 1.77. The molecule has 0 spiro atoms. The van der Waals surface area contributed by atoms with Crippen LogP contribution in [0.15, 0.2) is 29.3 Å². The largest absolute Gasteiger partial charge is 0.379 e. The number of nitrogens with zero attached hydrogens (tertiary/aromatic N) is 1. The van der Waals surface area contributed by atoms with Gasteiger partial charge in [-0.15, -0.1) is 0 Å². The highest BCUT2D eigenvalue weighted by Gasteiger charge is 2.16. The van der Waals surface area contributed by atoms with E-state index in [9.17, 15) is 8.42 Å². The number of hydrogen-bond donors (Lipinski definition) is 3. The first kappa shape index (κ1) is 24.6. The van der Waals surface area contributed by atoms with E-state index < -0.39 is 10.0 Å². The molecule has 0 bridgehead atoms. The van der Waals surface area contributed by atoms with E-state index in [-0.39, 0.29) is 17.9 Å². The second-order valence-corrected chi connectivity index (χ2v) is 9.47. The Morgan fingerprint density at radius 1 is 1.27 bits per heavy atom. The Morgan fingerprint density at radius 3 is 2.70 bits per heavy atom. The van der Waals surface area contributed by atoms with Gasteiger partial charge in [0.05, 0.1) is 18.5 Å². The van der Waals surface area contributed by atoms with Gasteiger partial charge in [0.25, 0.3) is 0 Å². The molecule has 0 radical (unpaired) electrons. The van der Waals surface area contributed by atoms with Crippen LogP contribution >= 0.6 is 0 Å². The first-order chi connectivity index (χ1) is 14.4. The summed E-state index contributed by atoms with van der Waals surface area (Å²) in [5.41, 5.74) is 1.70. The lowest BCUT2D eigenvalue weighted by Crippen LogP contribution is -2.38. The van der Waals surface area contributed by atoms with Crippen molar-refractivity contribution < 1.29 is 17.9 Å². The van der Waals surface area contributed by atoms with Gasteiger partial charge in [-0.05, 0) is 44.2 Å². The maximum atomic E-state index is 12.3. The van der Waals surface area contributed by atoms with E-state index in [4.69, 9.17) is 9.47 Å². The van der Waals surface area contributed by atoms with Crippen LogP contribution < -0.4 is 15.4 Å². The molecule has 1 aliphatic rings. The van der Waals surface area contributed by atoms with Gasteiger partial charge < -0.3 is 20.1 Å². The quantitative estimate of drug-likeness (QED) is 0.260. The topological polar surface area (TPSA) is 101 Å². The molecule has 170 valence electrons. The highest BCUT2D eigenvalue weighted by Crippen LogP contribution is 2.13. The van der Waals surface area contributed by atoms with Gasteiger partial charge in [-0.25, -0.2) is 13.1 Å². The van der Waals surface area contributed by atoms with E-state index in [0.717, 1.165) is 43.5 Å². The Balaban J connectivity index is 1.73. The van der Waals surface area contributed by atoms with E-state index in [1.807, 2.05) is 38.1 Å². The molecular weight excluding hydrogens is 404 g/mol. The lowest BCUT2D eigenvalue weighted by atomic mass is 10.1. The summed E-state index contributed by atoms with van der Waals surface area (Å²) < 4.78 is 38.4. The summed E-state index contributed by atoms with van der Waals surface area (Å²) in [4.78, 5) is 4.23. The molecule has 8 nitrogen and oxygen atoms in total. The van der Waals surface area contributed by atoms with Crippen LogP contribution in [0.1, 0.15) is 44.2 Å². The van der Waals surface area contributed by atoms with Crippen LogP contribution in [0.2, 0.25) is 0 Å². The second-order valence-electron chi connectivity index (χ2n) is 7.72.